The first-order valence-corrected chi connectivity index (χ1v) is 6.64. The summed E-state index contributed by atoms with van der Waals surface area (Å²) >= 11 is 9.32. The van der Waals surface area contributed by atoms with E-state index in [1.165, 1.54) is 23.1 Å². The fourth-order valence-corrected chi connectivity index (χ4v) is 2.13. The zero-order chi connectivity index (χ0) is 14.7. The Morgan fingerprint density at radius 2 is 1.85 bits per heavy atom. The average molecular weight is 356 g/mol. The molecule has 0 saturated carbocycles. The van der Waals surface area contributed by atoms with Crippen LogP contribution < -0.4 is 4.90 Å². The number of nitro benzene ring substituents is 1. The molecule has 2 aromatic rings. The summed E-state index contributed by atoms with van der Waals surface area (Å²) in [5.41, 5.74) is 0.692. The lowest BCUT2D eigenvalue weighted by Crippen LogP contribution is -2.14. The fraction of sp³-hybridized carbons (Fsp3) is 0. The second kappa shape index (κ2) is 6.02. The van der Waals surface area contributed by atoms with Gasteiger partial charge in [-0.25, -0.2) is 0 Å². The average Bonchev–Trinajstić information content (AvgIpc) is 2.43. The summed E-state index contributed by atoms with van der Waals surface area (Å²) in [5.74, 6) is 0. The molecule has 0 bridgehead atoms. The van der Waals surface area contributed by atoms with Gasteiger partial charge in [-0.1, -0.05) is 27.5 Å². The number of anilines is 2. The first-order valence-electron chi connectivity index (χ1n) is 5.47. The normalized spacial score (nSPS) is 10.1. The smallest absolute Gasteiger partial charge is 0.271 e. The Morgan fingerprint density at radius 1 is 1.20 bits per heavy atom. The summed E-state index contributed by atoms with van der Waals surface area (Å²) in [4.78, 5) is 22.8. The Kier molecular flexibility index (Phi) is 4.36. The number of hydrogen-bond donors (Lipinski definition) is 0. The lowest BCUT2D eigenvalue weighted by Gasteiger charge is -2.18. The Balaban J connectivity index is 2.51. The predicted octanol–water partition coefficient (Wildman–Crippen LogP) is 4.31. The predicted molar refractivity (Wildman–Crippen MR) is 80.5 cm³/mol. The monoisotopic (exact) mass is 354 g/mol. The van der Waals surface area contributed by atoms with Crippen molar-refractivity contribution in [2.24, 2.45) is 0 Å². The van der Waals surface area contributed by atoms with Crippen molar-refractivity contribution >= 4 is 51.0 Å². The fourth-order valence-electron chi connectivity index (χ4n) is 1.66. The molecule has 0 atom stereocenters. The van der Waals surface area contributed by atoms with Gasteiger partial charge in [0.1, 0.15) is 0 Å². The van der Waals surface area contributed by atoms with Crippen LogP contribution in [0.25, 0.3) is 0 Å². The van der Waals surface area contributed by atoms with Crippen molar-refractivity contribution < 1.29 is 9.72 Å². The van der Waals surface area contributed by atoms with Gasteiger partial charge in [-0.3, -0.25) is 19.8 Å². The van der Waals surface area contributed by atoms with Gasteiger partial charge in [0.15, 0.2) is 0 Å². The van der Waals surface area contributed by atoms with Crippen molar-refractivity contribution in [3.05, 3.63) is 62.1 Å². The van der Waals surface area contributed by atoms with Crippen LogP contribution in [0, 0.1) is 10.1 Å². The summed E-state index contributed by atoms with van der Waals surface area (Å²) in [7, 11) is 0. The van der Waals surface area contributed by atoms with E-state index in [-0.39, 0.29) is 16.4 Å². The number of nitrogens with zero attached hydrogens (tertiary/aromatic N) is 2. The molecule has 0 spiro atoms. The standard InChI is InChI=1S/C13H8BrClN2O3/c14-9-1-3-10(4-2-9)16(8-18)13-7-11(17(19)20)5-6-12(13)15/h1-8H. The number of benzene rings is 2. The zero-order valence-corrected chi connectivity index (χ0v) is 12.3. The van der Waals surface area contributed by atoms with Crippen LogP contribution in [-0.2, 0) is 4.79 Å². The molecule has 0 fully saturated rings. The summed E-state index contributed by atoms with van der Waals surface area (Å²) < 4.78 is 0.859. The molecule has 5 nitrogen and oxygen atoms in total. The van der Waals surface area contributed by atoms with E-state index in [2.05, 4.69) is 15.9 Å². The van der Waals surface area contributed by atoms with Gasteiger partial charge in [0.2, 0.25) is 6.41 Å². The minimum Gasteiger partial charge on any atom is -0.282 e. The zero-order valence-electron chi connectivity index (χ0n) is 9.99. The number of amides is 1. The molecule has 2 rings (SSSR count). The van der Waals surface area contributed by atoms with Crippen LogP contribution in [-0.4, -0.2) is 11.3 Å². The molecule has 1 amide bonds. The maximum Gasteiger partial charge on any atom is 0.271 e. The molecule has 0 heterocycles. The first-order chi connectivity index (χ1) is 9.52. The largest absolute Gasteiger partial charge is 0.282 e. The molecule has 0 aliphatic carbocycles. The van der Waals surface area contributed by atoms with E-state index in [4.69, 9.17) is 11.6 Å². The summed E-state index contributed by atoms with van der Waals surface area (Å²) in [6, 6.07) is 10.9. The maximum absolute atomic E-state index is 11.3. The molecule has 0 aromatic heterocycles. The van der Waals surface area contributed by atoms with Crippen molar-refractivity contribution in [1.82, 2.24) is 0 Å². The highest BCUT2D eigenvalue weighted by Gasteiger charge is 2.16. The van der Waals surface area contributed by atoms with Crippen molar-refractivity contribution in [1.29, 1.82) is 0 Å². The van der Waals surface area contributed by atoms with Gasteiger partial charge in [-0.05, 0) is 30.3 Å². The second-order valence-electron chi connectivity index (χ2n) is 3.84. The van der Waals surface area contributed by atoms with Crippen LogP contribution in [0.3, 0.4) is 0 Å². The van der Waals surface area contributed by atoms with Gasteiger partial charge < -0.3 is 0 Å². The molecule has 20 heavy (non-hydrogen) atoms. The molecule has 0 aliphatic heterocycles. The van der Waals surface area contributed by atoms with E-state index < -0.39 is 4.92 Å². The number of carbonyl (C=O) groups is 1. The van der Waals surface area contributed by atoms with Gasteiger partial charge in [0.05, 0.1) is 15.6 Å². The van der Waals surface area contributed by atoms with Gasteiger partial charge in [0.25, 0.3) is 5.69 Å². The molecule has 102 valence electrons. The van der Waals surface area contributed by atoms with Gasteiger partial charge in [0, 0.05) is 22.3 Å². The molecular weight excluding hydrogens is 348 g/mol. The lowest BCUT2D eigenvalue weighted by molar-refractivity contribution is -0.384. The van der Waals surface area contributed by atoms with Crippen molar-refractivity contribution in [3.8, 4) is 0 Å². The molecule has 0 saturated heterocycles. The Labute approximate surface area is 128 Å². The SMILES string of the molecule is O=CN(c1ccc(Br)cc1)c1cc([N+](=O)[O-])ccc1Cl. The van der Waals surface area contributed by atoms with Gasteiger partial charge >= 0.3 is 0 Å². The van der Waals surface area contributed by atoms with E-state index in [1.807, 2.05) is 0 Å². The summed E-state index contributed by atoms with van der Waals surface area (Å²) in [6.45, 7) is 0. The maximum atomic E-state index is 11.3. The van der Waals surface area contributed by atoms with Gasteiger partial charge in [-0.2, -0.15) is 0 Å². The first kappa shape index (κ1) is 14.5. The van der Waals surface area contributed by atoms with E-state index in [9.17, 15) is 14.9 Å². The third-order valence-corrected chi connectivity index (χ3v) is 3.46. The number of halogens is 2. The molecule has 0 unspecified atom stereocenters. The van der Waals surface area contributed by atoms with Crippen molar-refractivity contribution in [2.45, 2.75) is 0 Å². The lowest BCUT2D eigenvalue weighted by atomic mass is 10.2. The Morgan fingerprint density at radius 3 is 2.40 bits per heavy atom. The van der Waals surface area contributed by atoms with Gasteiger partial charge in [-0.15, -0.1) is 0 Å². The molecule has 0 radical (unpaired) electrons. The van der Waals surface area contributed by atoms with Crippen LogP contribution in [0.15, 0.2) is 46.9 Å². The second-order valence-corrected chi connectivity index (χ2v) is 5.17. The number of non-ortho nitro benzene ring substituents is 1. The minimum absolute atomic E-state index is 0.131. The van der Waals surface area contributed by atoms with Crippen LogP contribution in [0.5, 0.6) is 0 Å². The number of carbonyl (C=O) groups excluding carboxylic acids is 1. The Bertz CT molecular complexity index is 661. The van der Waals surface area contributed by atoms with Crippen LogP contribution in [0.1, 0.15) is 0 Å². The van der Waals surface area contributed by atoms with E-state index >= 15 is 0 Å². The van der Waals surface area contributed by atoms with E-state index in [0.29, 0.717) is 12.1 Å². The third-order valence-electron chi connectivity index (χ3n) is 2.61. The summed E-state index contributed by atoms with van der Waals surface area (Å²) in [6.07, 6.45) is 0.564. The van der Waals surface area contributed by atoms with Crippen molar-refractivity contribution in [3.63, 3.8) is 0 Å². The van der Waals surface area contributed by atoms with Crippen LogP contribution in [0.4, 0.5) is 17.1 Å². The van der Waals surface area contributed by atoms with Crippen LogP contribution >= 0.6 is 27.5 Å². The highest BCUT2D eigenvalue weighted by Crippen LogP contribution is 2.34. The number of rotatable bonds is 4. The minimum atomic E-state index is -0.537. The highest BCUT2D eigenvalue weighted by atomic mass is 79.9. The molecule has 0 N–H and O–H groups in total. The molecule has 2 aromatic carbocycles. The molecule has 7 heteroatoms. The van der Waals surface area contributed by atoms with E-state index in [0.717, 1.165) is 4.47 Å². The topological polar surface area (TPSA) is 63.5 Å². The number of nitro groups is 1. The number of hydrogen-bond acceptors (Lipinski definition) is 3. The quantitative estimate of drug-likeness (QED) is 0.466. The Hall–Kier alpha value is -1.92. The third kappa shape index (κ3) is 2.97. The molecule has 0 aliphatic rings. The summed E-state index contributed by atoms with van der Waals surface area (Å²) in [5, 5.41) is 11.1. The van der Waals surface area contributed by atoms with E-state index in [1.54, 1.807) is 24.3 Å². The van der Waals surface area contributed by atoms with Crippen LogP contribution in [0.2, 0.25) is 5.02 Å². The van der Waals surface area contributed by atoms with Crippen molar-refractivity contribution in [2.75, 3.05) is 4.90 Å². The molecular formula is C13H8BrClN2O3. The highest BCUT2D eigenvalue weighted by molar-refractivity contribution is 9.10.